The number of aromatic nitrogens is 8. The van der Waals surface area contributed by atoms with Gasteiger partial charge in [0.25, 0.3) is 5.88 Å². The first kappa shape index (κ1) is 35.5. The molecule has 0 saturated heterocycles. The first-order valence-corrected chi connectivity index (χ1v) is 17.1. The Morgan fingerprint density at radius 2 is 1.90 bits per heavy atom. The van der Waals surface area contributed by atoms with Crippen molar-refractivity contribution < 1.29 is 19.3 Å². The lowest BCUT2D eigenvalue weighted by atomic mass is 9.89. The Balaban J connectivity index is 1.26. The molecule has 260 valence electrons. The molecule has 2 N–H and O–H groups in total. The quantitative estimate of drug-likeness (QED) is 0.133. The van der Waals surface area contributed by atoms with E-state index in [9.17, 15) is 5.11 Å². The molecule has 2 atom stereocenters. The number of likely N-dealkylation sites (N-methyl/N-ethyl adjacent to an activating group) is 1. The topological polar surface area (TPSA) is 150 Å². The van der Waals surface area contributed by atoms with E-state index in [4.69, 9.17) is 30.9 Å². The highest BCUT2D eigenvalue weighted by molar-refractivity contribution is 6.32. The summed E-state index contributed by atoms with van der Waals surface area (Å²) < 4.78 is 21.3. The number of hydrogen-bond donors (Lipinski definition) is 2. The zero-order valence-corrected chi connectivity index (χ0v) is 29.0. The minimum absolute atomic E-state index is 0.187. The molecule has 1 fully saturated rings. The maximum atomic E-state index is 9.78. The zero-order chi connectivity index (χ0) is 33.9. The second kappa shape index (κ2) is 17.5. The fourth-order valence-corrected chi connectivity index (χ4v) is 6.18. The minimum atomic E-state index is -0.211. The number of tetrazole rings is 1. The molecule has 0 amide bonds. The highest BCUT2D eigenvalue weighted by Crippen LogP contribution is 2.35. The van der Waals surface area contributed by atoms with E-state index < -0.39 is 0 Å². The number of aliphatic hydroxyl groups excluding tert-OH is 1. The van der Waals surface area contributed by atoms with Gasteiger partial charge in [-0.15, -0.1) is 10.2 Å². The Labute approximate surface area is 286 Å². The molecule has 1 aliphatic carbocycles. The number of nitrogens with zero attached hydrogens (tertiary/aromatic N) is 9. The Bertz CT molecular complexity index is 1530. The van der Waals surface area contributed by atoms with E-state index in [-0.39, 0.29) is 24.8 Å². The van der Waals surface area contributed by atoms with Crippen LogP contribution in [0, 0.1) is 0 Å². The summed E-state index contributed by atoms with van der Waals surface area (Å²) >= 11 is 6.45. The Morgan fingerprint density at radius 1 is 1.10 bits per heavy atom. The predicted octanol–water partition coefficient (Wildman–Crippen LogP) is 5.18. The van der Waals surface area contributed by atoms with Gasteiger partial charge < -0.3 is 24.6 Å². The van der Waals surface area contributed by atoms with Crippen molar-refractivity contribution in [2.75, 3.05) is 38.8 Å². The number of benzene rings is 1. The van der Waals surface area contributed by atoms with Crippen LogP contribution in [0.5, 0.6) is 11.6 Å². The number of anilines is 2. The summed E-state index contributed by atoms with van der Waals surface area (Å²) in [6.07, 6.45) is 12.6. The second-order valence-electron chi connectivity index (χ2n) is 12.1. The molecular formula is C33H47ClN10O4. The van der Waals surface area contributed by atoms with E-state index in [0.717, 1.165) is 49.7 Å². The number of ether oxygens (including phenoxy) is 3. The number of halogens is 1. The van der Waals surface area contributed by atoms with E-state index in [1.807, 2.05) is 36.9 Å². The first-order chi connectivity index (χ1) is 23.4. The lowest BCUT2D eigenvalue weighted by Gasteiger charge is -2.38. The SMILES string of the molecule is CCOCCCOc1nn(C2CCC(N(C)[C@H](CC)CO)CC2)cc1Nc1ncc(-c2ccc(Cl)c(O[C@@H](C)Cn3cnnn3)c2)cn1. The van der Waals surface area contributed by atoms with Crippen LogP contribution in [-0.4, -0.2) is 102 Å². The molecule has 5 rings (SSSR count). The highest BCUT2D eigenvalue weighted by atomic mass is 35.5. The molecule has 3 aromatic heterocycles. The summed E-state index contributed by atoms with van der Waals surface area (Å²) in [6.45, 7) is 8.49. The van der Waals surface area contributed by atoms with Crippen LogP contribution in [0.1, 0.15) is 65.3 Å². The molecule has 0 spiro atoms. The molecular weight excluding hydrogens is 636 g/mol. The Hall–Kier alpha value is -3.85. The van der Waals surface area contributed by atoms with Crippen LogP contribution in [0.3, 0.4) is 0 Å². The molecule has 1 aliphatic rings. The Morgan fingerprint density at radius 3 is 2.58 bits per heavy atom. The largest absolute Gasteiger partial charge is 0.487 e. The molecule has 1 saturated carbocycles. The van der Waals surface area contributed by atoms with Gasteiger partial charge in [0.05, 0.1) is 37.0 Å². The smallest absolute Gasteiger partial charge is 0.256 e. The van der Waals surface area contributed by atoms with Crippen LogP contribution in [0.2, 0.25) is 5.02 Å². The van der Waals surface area contributed by atoms with Gasteiger partial charge in [0.1, 0.15) is 23.9 Å². The van der Waals surface area contributed by atoms with Crippen LogP contribution in [-0.2, 0) is 11.3 Å². The number of nitrogens with one attached hydrogen (secondary N) is 1. The maximum absolute atomic E-state index is 9.78. The van der Waals surface area contributed by atoms with Crippen molar-refractivity contribution in [2.24, 2.45) is 0 Å². The summed E-state index contributed by atoms with van der Waals surface area (Å²) in [5.41, 5.74) is 2.39. The van der Waals surface area contributed by atoms with Gasteiger partial charge in [-0.1, -0.05) is 24.6 Å². The van der Waals surface area contributed by atoms with Crippen molar-refractivity contribution in [3.8, 4) is 22.8 Å². The van der Waals surface area contributed by atoms with Crippen molar-refractivity contribution >= 4 is 23.2 Å². The van der Waals surface area contributed by atoms with Crippen molar-refractivity contribution in [3.63, 3.8) is 0 Å². The standard InChI is InChI=1S/C33H47ClN10O4/c1-5-26(21-45)42(4)27-9-11-28(12-10-27)44-20-30(32(39-44)47-15-7-14-46-6-2)38-33-35-17-25(18-36-33)24-8-13-29(34)31(16-24)48-23(3)19-43-22-37-40-41-43/h8,13,16-18,20,22-23,26-28,45H,5-7,9-12,14-15,19,21H2,1-4H3,(H,35,36,38)/t23-,26+,27?,28?/m0/s1. The van der Waals surface area contributed by atoms with Gasteiger partial charge in [-0.3, -0.25) is 9.58 Å². The fourth-order valence-electron chi connectivity index (χ4n) is 6.02. The van der Waals surface area contributed by atoms with E-state index in [1.54, 1.807) is 29.5 Å². The van der Waals surface area contributed by atoms with Crippen LogP contribution in [0.25, 0.3) is 11.1 Å². The van der Waals surface area contributed by atoms with Crippen LogP contribution in [0.4, 0.5) is 11.6 Å². The van der Waals surface area contributed by atoms with Gasteiger partial charge in [0.15, 0.2) is 0 Å². The third kappa shape index (κ3) is 9.40. The van der Waals surface area contributed by atoms with Crippen molar-refractivity contribution in [2.45, 2.75) is 90.1 Å². The summed E-state index contributed by atoms with van der Waals surface area (Å²) in [6, 6.07) is 6.49. The zero-order valence-electron chi connectivity index (χ0n) is 28.2. The van der Waals surface area contributed by atoms with E-state index >= 15 is 0 Å². The van der Waals surface area contributed by atoms with Crippen molar-refractivity contribution in [1.82, 2.24) is 44.9 Å². The molecule has 4 aromatic rings. The summed E-state index contributed by atoms with van der Waals surface area (Å²) in [5, 5.41) is 29.7. The summed E-state index contributed by atoms with van der Waals surface area (Å²) in [7, 11) is 2.13. The molecule has 0 bridgehead atoms. The first-order valence-electron chi connectivity index (χ1n) is 16.8. The molecule has 0 radical (unpaired) electrons. The number of aliphatic hydroxyl groups is 1. The van der Waals surface area contributed by atoms with Gasteiger partial charge in [-0.2, -0.15) is 0 Å². The molecule has 1 aromatic carbocycles. The number of hydrogen-bond acceptors (Lipinski definition) is 12. The van der Waals surface area contributed by atoms with Gasteiger partial charge in [0, 0.05) is 49.7 Å². The molecule has 0 aliphatic heterocycles. The van der Waals surface area contributed by atoms with Crippen LogP contribution < -0.4 is 14.8 Å². The molecule has 0 unspecified atom stereocenters. The normalized spacial score (nSPS) is 17.7. The average molecular weight is 683 g/mol. The monoisotopic (exact) mass is 682 g/mol. The lowest BCUT2D eigenvalue weighted by Crippen LogP contribution is -2.43. The molecule has 3 heterocycles. The third-order valence-electron chi connectivity index (χ3n) is 8.77. The fraction of sp³-hybridized carbons (Fsp3) is 0.576. The highest BCUT2D eigenvalue weighted by Gasteiger charge is 2.29. The van der Waals surface area contributed by atoms with Gasteiger partial charge in [-0.25, -0.2) is 14.6 Å². The second-order valence-corrected chi connectivity index (χ2v) is 12.5. The van der Waals surface area contributed by atoms with Gasteiger partial charge in [-0.05, 0) is 81.1 Å². The van der Waals surface area contributed by atoms with Crippen LogP contribution >= 0.6 is 11.6 Å². The van der Waals surface area contributed by atoms with Gasteiger partial charge in [0.2, 0.25) is 5.95 Å². The maximum Gasteiger partial charge on any atom is 0.256 e. The predicted molar refractivity (Wildman–Crippen MR) is 183 cm³/mol. The van der Waals surface area contributed by atoms with E-state index in [1.165, 1.54) is 0 Å². The van der Waals surface area contributed by atoms with Crippen molar-refractivity contribution in [3.05, 3.63) is 48.1 Å². The van der Waals surface area contributed by atoms with Crippen LogP contribution in [0.15, 0.2) is 43.1 Å². The minimum Gasteiger partial charge on any atom is -0.487 e. The molecule has 14 nitrogen and oxygen atoms in total. The number of rotatable bonds is 18. The van der Waals surface area contributed by atoms with E-state index in [0.29, 0.717) is 60.7 Å². The third-order valence-corrected chi connectivity index (χ3v) is 9.09. The van der Waals surface area contributed by atoms with E-state index in [2.05, 4.69) is 49.7 Å². The molecule has 48 heavy (non-hydrogen) atoms. The lowest BCUT2D eigenvalue weighted by molar-refractivity contribution is 0.0774. The average Bonchev–Trinajstić information content (AvgIpc) is 3.76. The summed E-state index contributed by atoms with van der Waals surface area (Å²) in [4.78, 5) is 11.5. The molecule has 15 heteroatoms. The van der Waals surface area contributed by atoms with Crippen molar-refractivity contribution in [1.29, 1.82) is 0 Å². The summed E-state index contributed by atoms with van der Waals surface area (Å²) in [5.74, 6) is 1.49. The Kier molecular flexibility index (Phi) is 12.9. The van der Waals surface area contributed by atoms with Gasteiger partial charge >= 0.3 is 0 Å².